The molecular weight excluding hydrogens is 503 g/mol. The van der Waals surface area contributed by atoms with Gasteiger partial charge in [0.05, 0.1) is 18.1 Å². The van der Waals surface area contributed by atoms with Crippen LogP contribution in [0.3, 0.4) is 0 Å². The molecule has 4 rings (SSSR count). The lowest BCUT2D eigenvalue weighted by atomic mass is 10.0. The van der Waals surface area contributed by atoms with Gasteiger partial charge in [0, 0.05) is 12.1 Å². The maximum atomic E-state index is 12.8. The molecule has 0 bridgehead atoms. The van der Waals surface area contributed by atoms with Gasteiger partial charge in [-0.1, -0.05) is 60.7 Å². The number of hydrogen-bond donors (Lipinski definition) is 3. The molecule has 0 saturated heterocycles. The van der Waals surface area contributed by atoms with E-state index in [2.05, 4.69) is 15.6 Å². The van der Waals surface area contributed by atoms with Crippen LogP contribution in [0.5, 0.6) is 0 Å². The molecule has 1 atom stereocenters. The third-order valence-electron chi connectivity index (χ3n) is 5.30. The minimum Gasteiger partial charge on any atom is -0.846 e. The second-order valence-electron chi connectivity index (χ2n) is 7.90. The first-order valence-electron chi connectivity index (χ1n) is 11.2. The number of hydrogen-bond acceptors (Lipinski definition) is 6. The van der Waals surface area contributed by atoms with Gasteiger partial charge in [-0.25, -0.2) is 4.99 Å². The number of nitrogens with one attached hydrogen (secondary N) is 1. The van der Waals surface area contributed by atoms with Crippen molar-refractivity contribution >= 4 is 24.1 Å². The number of nitrogens with zero attached hydrogens (tertiary/aromatic N) is 3. The van der Waals surface area contributed by atoms with Crippen LogP contribution in [0.2, 0.25) is 0 Å². The van der Waals surface area contributed by atoms with Crippen LogP contribution in [0.4, 0.5) is 24.7 Å². The Morgan fingerprint density at radius 1 is 1.11 bits per heavy atom. The summed E-state index contributed by atoms with van der Waals surface area (Å²) in [5, 5.41) is 25.2. The van der Waals surface area contributed by atoms with Crippen molar-refractivity contribution in [1.82, 2.24) is 5.27 Å². The summed E-state index contributed by atoms with van der Waals surface area (Å²) in [7, 11) is 0. The maximum Gasteiger partial charge on any atom is 0.416 e. The fraction of sp³-hybridized carbons (Fsp3) is 0.154. The second kappa shape index (κ2) is 13.0. The lowest BCUT2D eigenvalue weighted by Crippen LogP contribution is -2.45. The maximum absolute atomic E-state index is 12.8. The smallest absolute Gasteiger partial charge is 0.416 e. The minimum atomic E-state index is -4.52. The summed E-state index contributed by atoms with van der Waals surface area (Å²) in [4.78, 5) is 12.1. The lowest BCUT2D eigenvalue weighted by Gasteiger charge is -2.14. The summed E-state index contributed by atoms with van der Waals surface area (Å²) in [6.07, 6.45) is -2.53. The van der Waals surface area contributed by atoms with Crippen molar-refractivity contribution in [3.8, 4) is 11.1 Å². The molecule has 38 heavy (non-hydrogen) atoms. The quantitative estimate of drug-likeness (QED) is 0.144. The summed E-state index contributed by atoms with van der Waals surface area (Å²) in [6, 6.07) is 21.2. The van der Waals surface area contributed by atoms with E-state index in [-0.39, 0.29) is 30.6 Å². The van der Waals surface area contributed by atoms with E-state index < -0.39 is 17.8 Å². The molecule has 1 aromatic heterocycles. The molecule has 3 aromatic carbocycles. The van der Waals surface area contributed by atoms with Crippen LogP contribution < -0.4 is 20.8 Å². The van der Waals surface area contributed by atoms with E-state index in [1.54, 1.807) is 0 Å². The van der Waals surface area contributed by atoms with Crippen molar-refractivity contribution in [2.24, 2.45) is 10.7 Å². The van der Waals surface area contributed by atoms with Crippen LogP contribution in [-0.4, -0.2) is 29.4 Å². The van der Waals surface area contributed by atoms with Gasteiger partial charge in [-0.3, -0.25) is 9.32 Å². The molecule has 9 nitrogen and oxygen atoms in total. The summed E-state index contributed by atoms with van der Waals surface area (Å²) in [6.45, 7) is 0.00745. The molecule has 0 spiro atoms. The van der Waals surface area contributed by atoms with Crippen LogP contribution in [-0.2, 0) is 17.4 Å². The van der Waals surface area contributed by atoms with E-state index in [9.17, 15) is 18.3 Å². The molecular formula is C26H24F3N5O4. The molecule has 12 heteroatoms. The van der Waals surface area contributed by atoms with Crippen LogP contribution in [0.25, 0.3) is 11.1 Å². The first-order chi connectivity index (χ1) is 18.2. The van der Waals surface area contributed by atoms with Crippen molar-refractivity contribution in [3.63, 3.8) is 0 Å². The highest BCUT2D eigenvalue weighted by molar-refractivity contribution is 5.87. The van der Waals surface area contributed by atoms with Gasteiger partial charge in [-0.15, -0.1) is 0 Å². The van der Waals surface area contributed by atoms with Crippen molar-refractivity contribution in [1.29, 1.82) is 0 Å². The average Bonchev–Trinajstić information content (AvgIpc) is 3.36. The molecule has 0 saturated carbocycles. The molecule has 0 unspecified atom stereocenters. The highest BCUT2D eigenvalue weighted by atomic mass is 19.4. The number of benzene rings is 3. The monoisotopic (exact) mass is 527 g/mol. The van der Waals surface area contributed by atoms with E-state index >= 15 is 0 Å². The minimum absolute atomic E-state index is 0.0419. The van der Waals surface area contributed by atoms with Gasteiger partial charge in [0.1, 0.15) is 0 Å². The first-order valence-corrected chi connectivity index (χ1v) is 11.2. The summed E-state index contributed by atoms with van der Waals surface area (Å²) < 4.78 is 45.1. The third kappa shape index (κ3) is 7.90. The average molecular weight is 528 g/mol. The van der Waals surface area contributed by atoms with E-state index in [0.29, 0.717) is 6.42 Å². The van der Waals surface area contributed by atoms with Crippen LogP contribution in [0.1, 0.15) is 17.2 Å². The molecule has 0 radical (unpaired) electrons. The predicted octanol–water partition coefficient (Wildman–Crippen LogP) is 3.55. The molecule has 0 aliphatic rings. The Hall–Kier alpha value is -4.71. The molecule has 1 heterocycles. The van der Waals surface area contributed by atoms with E-state index in [0.717, 1.165) is 28.8 Å². The zero-order valence-corrected chi connectivity index (χ0v) is 19.9. The van der Waals surface area contributed by atoms with Gasteiger partial charge >= 0.3 is 12.1 Å². The Kier molecular flexibility index (Phi) is 9.54. The SMILES string of the molecule is NC[C@H](Cc1ccc(-c2ccccc2)cc1)[n+]1cc(N=C([O-])Nc2cccc(C(F)(F)F)c2)on1.O=CO. The predicted molar refractivity (Wildman–Crippen MR) is 131 cm³/mol. The summed E-state index contributed by atoms with van der Waals surface area (Å²) >= 11 is 0. The van der Waals surface area contributed by atoms with Crippen molar-refractivity contribution in [2.75, 3.05) is 11.9 Å². The van der Waals surface area contributed by atoms with Gasteiger partial charge in [0.2, 0.25) is 11.3 Å². The van der Waals surface area contributed by atoms with Crippen LogP contribution in [0.15, 0.2) is 94.6 Å². The number of carbonyl (C=O) groups is 1. The Bertz CT molecular complexity index is 1340. The van der Waals surface area contributed by atoms with Gasteiger partial charge in [-0.2, -0.15) is 13.2 Å². The fourth-order valence-electron chi connectivity index (χ4n) is 3.52. The zero-order valence-electron chi connectivity index (χ0n) is 19.9. The highest BCUT2D eigenvalue weighted by Gasteiger charge is 2.30. The number of aromatic nitrogens is 2. The van der Waals surface area contributed by atoms with Gasteiger partial charge < -0.3 is 21.3 Å². The van der Waals surface area contributed by atoms with Gasteiger partial charge in [0.15, 0.2) is 0 Å². The summed E-state index contributed by atoms with van der Waals surface area (Å²) in [5.41, 5.74) is 8.27. The van der Waals surface area contributed by atoms with E-state index in [1.165, 1.54) is 23.0 Å². The van der Waals surface area contributed by atoms with Crippen molar-refractivity contribution < 1.29 is 37.4 Å². The number of alkyl halides is 3. The van der Waals surface area contributed by atoms with Crippen molar-refractivity contribution in [2.45, 2.75) is 18.6 Å². The molecule has 4 aromatic rings. The van der Waals surface area contributed by atoms with E-state index in [1.807, 2.05) is 54.6 Å². The Balaban J connectivity index is 0.00000127. The number of amidine groups is 1. The Morgan fingerprint density at radius 3 is 2.39 bits per heavy atom. The largest absolute Gasteiger partial charge is 0.846 e. The molecule has 0 amide bonds. The van der Waals surface area contributed by atoms with E-state index in [4.69, 9.17) is 20.2 Å². The molecule has 0 fully saturated rings. The number of carboxylic acid groups (broad SMARTS) is 1. The topological polar surface area (TPSA) is 141 Å². The number of anilines is 1. The first kappa shape index (κ1) is 27.9. The highest BCUT2D eigenvalue weighted by Crippen LogP contribution is 2.30. The Labute approximate surface area is 215 Å². The molecule has 0 aliphatic heterocycles. The normalized spacial score (nSPS) is 12.3. The third-order valence-corrected chi connectivity index (χ3v) is 5.30. The van der Waals surface area contributed by atoms with Gasteiger partial charge in [0.25, 0.3) is 12.7 Å². The standard InChI is InChI=1S/C25H22F3N5O2.CH2O2/c26-25(27,28)20-7-4-8-21(14-20)30-24(34)31-23-16-33(32-35-23)22(15-29)13-17-9-11-19(12-10-17)18-5-2-1-3-6-18;2-1-3/h1-12,14,16,22H,13,15,29H2,(H-,30,31,32,34);1H,(H,2,3)/t22-;/m0./s1. The fourth-order valence-corrected chi connectivity index (χ4v) is 3.52. The number of aliphatic imine (C=N–C) groups is 1. The zero-order chi connectivity index (χ0) is 27.5. The summed E-state index contributed by atoms with van der Waals surface area (Å²) in [5.74, 6) is -0.104. The number of rotatable bonds is 7. The molecule has 4 N–H and O–H groups in total. The Morgan fingerprint density at radius 2 is 1.76 bits per heavy atom. The number of nitrogens with two attached hydrogens (primary N) is 1. The van der Waals surface area contributed by atoms with Crippen LogP contribution in [0, 0.1) is 0 Å². The van der Waals surface area contributed by atoms with Crippen molar-refractivity contribution in [3.05, 3.63) is 96.2 Å². The van der Waals surface area contributed by atoms with Gasteiger partial charge in [-0.05, 0) is 39.6 Å². The molecule has 198 valence electrons. The second-order valence-corrected chi connectivity index (χ2v) is 7.90. The molecule has 0 aliphatic carbocycles. The van der Waals surface area contributed by atoms with Crippen LogP contribution >= 0.6 is 0 Å². The lowest BCUT2D eigenvalue weighted by molar-refractivity contribution is -0.782. The number of halogens is 3.